The van der Waals surface area contributed by atoms with Gasteiger partial charge in [0.1, 0.15) is 5.82 Å². The lowest BCUT2D eigenvalue weighted by Gasteiger charge is -2.31. The number of halogens is 2. The number of piperidine rings is 1. The van der Waals surface area contributed by atoms with Crippen LogP contribution in [-0.2, 0) is 21.4 Å². The normalized spacial score (nSPS) is 15.1. The molecule has 0 spiro atoms. The zero-order valence-electron chi connectivity index (χ0n) is 18.4. The molecule has 34 heavy (non-hydrogen) atoms. The Morgan fingerprint density at radius 2 is 1.56 bits per heavy atom. The molecule has 0 atom stereocenters. The lowest BCUT2D eigenvalue weighted by molar-refractivity contribution is -0.121. The van der Waals surface area contributed by atoms with Crippen LogP contribution in [-0.4, -0.2) is 32.3 Å². The molecule has 0 aliphatic carbocycles. The number of nitrogens with zero attached hydrogens (tertiary/aromatic N) is 1. The van der Waals surface area contributed by atoms with E-state index in [1.165, 1.54) is 18.2 Å². The van der Waals surface area contributed by atoms with Crippen molar-refractivity contribution in [2.45, 2.75) is 24.3 Å². The summed E-state index contributed by atoms with van der Waals surface area (Å²) in [5.74, 6) is -0.455. The number of nitrogens with one attached hydrogen (secondary N) is 2. The monoisotopic (exact) mass is 501 g/mol. The van der Waals surface area contributed by atoms with E-state index in [0.717, 1.165) is 0 Å². The van der Waals surface area contributed by atoms with Crippen LogP contribution in [0, 0.1) is 11.7 Å². The highest BCUT2D eigenvalue weighted by atomic mass is 35.5. The van der Waals surface area contributed by atoms with Gasteiger partial charge in [0.2, 0.25) is 5.91 Å². The summed E-state index contributed by atoms with van der Waals surface area (Å²) < 4.78 is 41.6. The lowest BCUT2D eigenvalue weighted by atomic mass is 9.95. The predicted molar refractivity (Wildman–Crippen MR) is 132 cm³/mol. The van der Waals surface area contributed by atoms with Gasteiger partial charge < -0.3 is 5.32 Å². The molecule has 0 bridgehead atoms. The molecular weight excluding hydrogens is 477 g/mol. The van der Waals surface area contributed by atoms with Gasteiger partial charge in [-0.2, -0.15) is 0 Å². The summed E-state index contributed by atoms with van der Waals surface area (Å²) in [6, 6.07) is 19.1. The molecule has 0 aromatic heterocycles. The molecule has 1 fully saturated rings. The second-order valence-electron chi connectivity index (χ2n) is 8.27. The van der Waals surface area contributed by atoms with Gasteiger partial charge in [0.15, 0.2) is 0 Å². The number of anilines is 2. The van der Waals surface area contributed by atoms with Gasteiger partial charge in [-0.15, -0.1) is 0 Å². The quantitative estimate of drug-likeness (QED) is 0.470. The molecule has 178 valence electrons. The van der Waals surface area contributed by atoms with E-state index >= 15 is 0 Å². The van der Waals surface area contributed by atoms with Crippen molar-refractivity contribution in [3.8, 4) is 0 Å². The van der Waals surface area contributed by atoms with E-state index in [2.05, 4.69) is 14.9 Å². The van der Waals surface area contributed by atoms with Crippen LogP contribution in [0.3, 0.4) is 0 Å². The second-order valence-corrected chi connectivity index (χ2v) is 10.4. The van der Waals surface area contributed by atoms with Crippen molar-refractivity contribution in [2.75, 3.05) is 23.1 Å². The summed E-state index contributed by atoms with van der Waals surface area (Å²) in [5, 5.41) is 3.39. The van der Waals surface area contributed by atoms with Crippen molar-refractivity contribution in [2.24, 2.45) is 5.92 Å². The molecule has 3 aromatic rings. The molecule has 0 saturated carbocycles. The maximum Gasteiger partial charge on any atom is 0.261 e. The van der Waals surface area contributed by atoms with Crippen molar-refractivity contribution in [3.05, 3.63) is 89.2 Å². The Morgan fingerprint density at radius 3 is 2.21 bits per heavy atom. The maximum absolute atomic E-state index is 13.9. The van der Waals surface area contributed by atoms with E-state index in [1.807, 2.05) is 6.07 Å². The van der Waals surface area contributed by atoms with E-state index in [0.29, 0.717) is 54.4 Å². The van der Waals surface area contributed by atoms with Crippen molar-refractivity contribution >= 4 is 38.9 Å². The van der Waals surface area contributed by atoms with E-state index in [1.54, 1.807) is 48.5 Å². The SMILES string of the molecule is O=C(Nc1ccc(S(=O)(=O)Nc2ccc(Cl)cc2)cc1)C1CCN(Cc2ccccc2F)CC1. The molecule has 0 unspecified atom stereocenters. The standard InChI is InChI=1S/C25H25ClFN3O3S/c26-20-5-7-22(8-6-20)29-34(32,33)23-11-9-21(10-12-23)28-25(31)18-13-15-30(16-14-18)17-19-3-1-2-4-24(19)27/h1-12,18,29H,13-17H2,(H,28,31). The molecule has 1 heterocycles. The molecule has 1 aliphatic rings. The third-order valence-electron chi connectivity index (χ3n) is 5.84. The summed E-state index contributed by atoms with van der Waals surface area (Å²) in [5.41, 5.74) is 1.60. The molecular formula is C25H25ClFN3O3S. The Bertz CT molecular complexity index is 1240. The van der Waals surface area contributed by atoms with E-state index in [9.17, 15) is 17.6 Å². The van der Waals surface area contributed by atoms with Crippen LogP contribution in [0.1, 0.15) is 18.4 Å². The molecule has 0 radical (unpaired) electrons. The van der Waals surface area contributed by atoms with Crippen molar-refractivity contribution in [1.29, 1.82) is 0 Å². The van der Waals surface area contributed by atoms with Crippen LogP contribution in [0.25, 0.3) is 0 Å². The number of sulfonamides is 1. The minimum atomic E-state index is -3.76. The van der Waals surface area contributed by atoms with Gasteiger partial charge in [-0.25, -0.2) is 12.8 Å². The smallest absolute Gasteiger partial charge is 0.261 e. The number of carbonyl (C=O) groups excluding carboxylic acids is 1. The number of benzene rings is 3. The molecule has 3 aromatic carbocycles. The molecule has 9 heteroatoms. The number of rotatable bonds is 7. The largest absolute Gasteiger partial charge is 0.326 e. The Balaban J connectivity index is 1.30. The molecule has 1 amide bonds. The van der Waals surface area contributed by atoms with Crippen LogP contribution >= 0.6 is 11.6 Å². The third kappa shape index (κ3) is 6.14. The Labute approximate surface area is 203 Å². The predicted octanol–water partition coefficient (Wildman–Crippen LogP) is 5.13. The van der Waals surface area contributed by atoms with Gasteiger partial charge >= 0.3 is 0 Å². The van der Waals surface area contributed by atoms with E-state index in [-0.39, 0.29) is 22.5 Å². The van der Waals surface area contributed by atoms with Gasteiger partial charge in [0.05, 0.1) is 4.90 Å². The Hall–Kier alpha value is -2.94. The van der Waals surface area contributed by atoms with Gasteiger partial charge in [-0.1, -0.05) is 29.8 Å². The second kappa shape index (κ2) is 10.5. The number of hydrogen-bond acceptors (Lipinski definition) is 4. The summed E-state index contributed by atoms with van der Waals surface area (Å²) >= 11 is 5.83. The van der Waals surface area contributed by atoms with Crippen LogP contribution in [0.2, 0.25) is 5.02 Å². The maximum atomic E-state index is 13.9. The summed E-state index contributed by atoms with van der Waals surface area (Å²) in [6.45, 7) is 1.95. The molecule has 2 N–H and O–H groups in total. The highest BCUT2D eigenvalue weighted by molar-refractivity contribution is 7.92. The first-order valence-electron chi connectivity index (χ1n) is 11.0. The zero-order valence-corrected chi connectivity index (χ0v) is 19.9. The molecule has 4 rings (SSSR count). The lowest BCUT2D eigenvalue weighted by Crippen LogP contribution is -2.37. The third-order valence-corrected chi connectivity index (χ3v) is 7.49. The van der Waals surface area contributed by atoms with Crippen LogP contribution in [0.4, 0.5) is 15.8 Å². The van der Waals surface area contributed by atoms with Crippen molar-refractivity contribution in [1.82, 2.24) is 4.90 Å². The van der Waals surface area contributed by atoms with Crippen molar-refractivity contribution in [3.63, 3.8) is 0 Å². The van der Waals surface area contributed by atoms with E-state index < -0.39 is 10.0 Å². The number of amides is 1. The van der Waals surface area contributed by atoms with Gasteiger partial charge in [-0.05, 0) is 80.5 Å². The molecule has 1 saturated heterocycles. The van der Waals surface area contributed by atoms with Crippen LogP contribution in [0.15, 0.2) is 77.7 Å². The van der Waals surface area contributed by atoms with Gasteiger partial charge in [0, 0.05) is 34.4 Å². The fourth-order valence-electron chi connectivity index (χ4n) is 3.91. The van der Waals surface area contributed by atoms with Crippen LogP contribution < -0.4 is 10.0 Å². The highest BCUT2D eigenvalue weighted by Crippen LogP contribution is 2.23. The minimum Gasteiger partial charge on any atom is -0.326 e. The number of likely N-dealkylation sites (tertiary alicyclic amines) is 1. The number of hydrogen-bond donors (Lipinski definition) is 2. The minimum absolute atomic E-state index is 0.0851. The van der Waals surface area contributed by atoms with Crippen LogP contribution in [0.5, 0.6) is 0 Å². The van der Waals surface area contributed by atoms with E-state index in [4.69, 9.17) is 11.6 Å². The average Bonchev–Trinajstić information content (AvgIpc) is 2.83. The topological polar surface area (TPSA) is 78.5 Å². The average molecular weight is 502 g/mol. The van der Waals surface area contributed by atoms with Gasteiger partial charge in [-0.3, -0.25) is 14.4 Å². The highest BCUT2D eigenvalue weighted by Gasteiger charge is 2.25. The fourth-order valence-corrected chi connectivity index (χ4v) is 5.10. The summed E-state index contributed by atoms with van der Waals surface area (Å²) in [6.07, 6.45) is 1.36. The molecule has 6 nitrogen and oxygen atoms in total. The number of carbonyl (C=O) groups is 1. The van der Waals surface area contributed by atoms with Gasteiger partial charge in [0.25, 0.3) is 10.0 Å². The Morgan fingerprint density at radius 1 is 0.941 bits per heavy atom. The zero-order chi connectivity index (χ0) is 24.1. The first-order valence-corrected chi connectivity index (χ1v) is 12.8. The first-order chi connectivity index (χ1) is 16.3. The fraction of sp³-hybridized carbons (Fsp3) is 0.240. The van der Waals surface area contributed by atoms with Crippen molar-refractivity contribution < 1.29 is 17.6 Å². The summed E-state index contributed by atoms with van der Waals surface area (Å²) in [7, 11) is -3.76. The first kappa shape index (κ1) is 24.2. The molecule has 1 aliphatic heterocycles. The Kier molecular flexibility index (Phi) is 7.50. The summed E-state index contributed by atoms with van der Waals surface area (Å²) in [4.78, 5) is 14.9.